The number of fused-ring (bicyclic) bond motifs is 1. The first kappa shape index (κ1) is 14.9. The molecular formula is C19H24N2O. The Bertz CT molecular complexity index is 674. The van der Waals surface area contributed by atoms with Crippen molar-refractivity contribution in [1.29, 1.82) is 0 Å². The van der Waals surface area contributed by atoms with Gasteiger partial charge < -0.3 is 9.47 Å². The molecule has 0 spiro atoms. The van der Waals surface area contributed by atoms with E-state index in [2.05, 4.69) is 65.9 Å². The van der Waals surface area contributed by atoms with Crippen LogP contribution in [0.15, 0.2) is 42.6 Å². The van der Waals surface area contributed by atoms with Crippen molar-refractivity contribution >= 4 is 5.91 Å². The van der Waals surface area contributed by atoms with Crippen LogP contribution < -0.4 is 0 Å². The lowest BCUT2D eigenvalue weighted by Gasteiger charge is -2.39. The Morgan fingerprint density at radius 2 is 2.00 bits per heavy atom. The maximum absolute atomic E-state index is 12.9. The van der Waals surface area contributed by atoms with E-state index in [1.54, 1.807) is 0 Å². The number of carbonyl (C=O) groups is 1. The number of carbonyl (C=O) groups excluding carboxylic acids is 1. The first-order chi connectivity index (χ1) is 10.6. The minimum atomic E-state index is 0.0337. The Morgan fingerprint density at radius 3 is 2.73 bits per heavy atom. The predicted molar refractivity (Wildman–Crippen MR) is 88.6 cm³/mol. The van der Waals surface area contributed by atoms with Gasteiger partial charge in [0.15, 0.2) is 0 Å². The molecule has 1 aromatic heterocycles. The Morgan fingerprint density at radius 1 is 1.23 bits per heavy atom. The van der Waals surface area contributed by atoms with Gasteiger partial charge in [-0.25, -0.2) is 0 Å². The van der Waals surface area contributed by atoms with Crippen LogP contribution in [0.3, 0.4) is 0 Å². The summed E-state index contributed by atoms with van der Waals surface area (Å²) < 4.78 is 2.28. The highest BCUT2D eigenvalue weighted by Crippen LogP contribution is 2.35. The van der Waals surface area contributed by atoms with Crippen molar-refractivity contribution in [2.24, 2.45) is 5.92 Å². The van der Waals surface area contributed by atoms with Gasteiger partial charge in [-0.3, -0.25) is 4.79 Å². The molecule has 2 atom stereocenters. The summed E-state index contributed by atoms with van der Waals surface area (Å²) in [7, 11) is 0. The minimum absolute atomic E-state index is 0.0337. The monoisotopic (exact) mass is 296 g/mol. The van der Waals surface area contributed by atoms with Gasteiger partial charge in [0.2, 0.25) is 5.91 Å². The van der Waals surface area contributed by atoms with E-state index in [1.165, 1.54) is 16.8 Å². The third-order valence-corrected chi connectivity index (χ3v) is 4.84. The second-order valence-electron chi connectivity index (χ2n) is 6.23. The zero-order valence-corrected chi connectivity index (χ0v) is 13.6. The smallest absolute Gasteiger partial charge is 0.226 e. The fourth-order valence-corrected chi connectivity index (χ4v) is 3.30. The van der Waals surface area contributed by atoms with Crippen molar-refractivity contribution in [2.75, 3.05) is 6.54 Å². The number of hydrogen-bond donors (Lipinski definition) is 0. The molecule has 3 heteroatoms. The standard InChI is InChI=1S/C19H24N2O/c1-4-14(2)19(22)21-13-12-20-11-7-10-17(20)18(21)16-9-6-5-8-15(16)3/h5-11,14,18H,4,12-13H2,1-3H3/t14-,18-/m0/s1. The van der Waals surface area contributed by atoms with Crippen LogP contribution in [0.1, 0.15) is 43.1 Å². The summed E-state index contributed by atoms with van der Waals surface area (Å²) >= 11 is 0. The van der Waals surface area contributed by atoms with E-state index < -0.39 is 0 Å². The average molecular weight is 296 g/mol. The summed E-state index contributed by atoms with van der Waals surface area (Å²) in [6.07, 6.45) is 3.00. The van der Waals surface area contributed by atoms with Crippen LogP contribution in [0.5, 0.6) is 0 Å². The molecule has 0 saturated carbocycles. The minimum Gasteiger partial charge on any atom is -0.348 e. The lowest BCUT2D eigenvalue weighted by atomic mass is 9.94. The molecule has 1 amide bonds. The van der Waals surface area contributed by atoms with E-state index in [0.717, 1.165) is 19.5 Å². The molecule has 0 radical (unpaired) electrons. The van der Waals surface area contributed by atoms with E-state index in [9.17, 15) is 4.79 Å². The van der Waals surface area contributed by atoms with Gasteiger partial charge in [0.1, 0.15) is 0 Å². The molecule has 116 valence electrons. The van der Waals surface area contributed by atoms with Crippen molar-refractivity contribution in [3.8, 4) is 0 Å². The summed E-state index contributed by atoms with van der Waals surface area (Å²) in [6.45, 7) is 7.91. The summed E-state index contributed by atoms with van der Waals surface area (Å²) in [5, 5.41) is 0. The molecule has 0 fully saturated rings. The average Bonchev–Trinajstić information content (AvgIpc) is 3.01. The highest BCUT2D eigenvalue weighted by molar-refractivity contribution is 5.79. The van der Waals surface area contributed by atoms with Crippen LogP contribution in [0.2, 0.25) is 0 Å². The van der Waals surface area contributed by atoms with Crippen LogP contribution in [0.25, 0.3) is 0 Å². The van der Waals surface area contributed by atoms with Gasteiger partial charge in [-0.05, 0) is 36.6 Å². The normalized spacial score (nSPS) is 18.9. The van der Waals surface area contributed by atoms with Gasteiger partial charge >= 0.3 is 0 Å². The van der Waals surface area contributed by atoms with Gasteiger partial charge in [-0.1, -0.05) is 38.1 Å². The zero-order valence-electron chi connectivity index (χ0n) is 13.6. The van der Waals surface area contributed by atoms with Crippen molar-refractivity contribution < 1.29 is 4.79 Å². The molecule has 0 unspecified atom stereocenters. The number of amides is 1. The summed E-state index contributed by atoms with van der Waals surface area (Å²) in [6, 6.07) is 12.7. The Kier molecular flexibility index (Phi) is 4.06. The highest BCUT2D eigenvalue weighted by Gasteiger charge is 2.34. The fraction of sp³-hybridized carbons (Fsp3) is 0.421. The molecule has 2 heterocycles. The van der Waals surface area contributed by atoms with Crippen molar-refractivity contribution in [1.82, 2.24) is 9.47 Å². The predicted octanol–water partition coefficient (Wildman–Crippen LogP) is 3.77. The number of aromatic nitrogens is 1. The van der Waals surface area contributed by atoms with Gasteiger partial charge in [-0.2, -0.15) is 0 Å². The van der Waals surface area contributed by atoms with Crippen molar-refractivity contribution in [3.63, 3.8) is 0 Å². The van der Waals surface area contributed by atoms with Crippen LogP contribution >= 0.6 is 0 Å². The third-order valence-electron chi connectivity index (χ3n) is 4.84. The molecule has 0 aliphatic carbocycles. The Balaban J connectivity index is 2.07. The van der Waals surface area contributed by atoms with Crippen LogP contribution in [0.4, 0.5) is 0 Å². The van der Waals surface area contributed by atoms with E-state index in [4.69, 9.17) is 0 Å². The van der Waals surface area contributed by atoms with Gasteiger partial charge in [-0.15, -0.1) is 0 Å². The molecule has 1 aliphatic rings. The molecule has 1 aliphatic heterocycles. The molecule has 1 aromatic carbocycles. The van der Waals surface area contributed by atoms with E-state index >= 15 is 0 Å². The Labute approximate surface area is 132 Å². The zero-order chi connectivity index (χ0) is 15.7. The van der Waals surface area contributed by atoms with Crippen molar-refractivity contribution in [3.05, 3.63) is 59.4 Å². The lowest BCUT2D eigenvalue weighted by molar-refractivity contribution is -0.137. The highest BCUT2D eigenvalue weighted by atomic mass is 16.2. The molecular weight excluding hydrogens is 272 g/mol. The van der Waals surface area contributed by atoms with Gasteiger partial charge in [0.05, 0.1) is 6.04 Å². The van der Waals surface area contributed by atoms with Crippen molar-refractivity contribution in [2.45, 2.75) is 39.8 Å². The van der Waals surface area contributed by atoms with Gasteiger partial charge in [0.25, 0.3) is 0 Å². The maximum atomic E-state index is 12.9. The van der Waals surface area contributed by atoms with E-state index in [0.29, 0.717) is 0 Å². The molecule has 2 aromatic rings. The number of rotatable bonds is 3. The van der Waals surface area contributed by atoms with E-state index in [1.807, 2.05) is 6.92 Å². The second kappa shape index (κ2) is 5.99. The number of hydrogen-bond acceptors (Lipinski definition) is 1. The summed E-state index contributed by atoms with van der Waals surface area (Å²) in [4.78, 5) is 14.9. The molecule has 3 nitrogen and oxygen atoms in total. The maximum Gasteiger partial charge on any atom is 0.226 e. The molecule has 0 saturated heterocycles. The quantitative estimate of drug-likeness (QED) is 0.846. The third kappa shape index (κ3) is 2.45. The molecule has 22 heavy (non-hydrogen) atoms. The topological polar surface area (TPSA) is 25.2 Å². The fourth-order valence-electron chi connectivity index (χ4n) is 3.30. The summed E-state index contributed by atoms with van der Waals surface area (Å²) in [5.74, 6) is 0.344. The first-order valence-corrected chi connectivity index (χ1v) is 8.14. The second-order valence-corrected chi connectivity index (χ2v) is 6.23. The largest absolute Gasteiger partial charge is 0.348 e. The number of nitrogens with zero attached hydrogens (tertiary/aromatic N) is 2. The van der Waals surface area contributed by atoms with E-state index in [-0.39, 0.29) is 17.9 Å². The van der Waals surface area contributed by atoms with Crippen LogP contribution in [-0.2, 0) is 11.3 Å². The molecule has 0 N–H and O–H groups in total. The Hall–Kier alpha value is -2.03. The molecule has 0 bridgehead atoms. The SMILES string of the molecule is CC[C@H](C)C(=O)N1CCn2cccc2[C@@H]1c1ccccc1C. The molecule has 3 rings (SSSR count). The van der Waals surface area contributed by atoms with Crippen LogP contribution in [-0.4, -0.2) is 21.9 Å². The van der Waals surface area contributed by atoms with Gasteiger partial charge in [0, 0.05) is 30.9 Å². The number of benzene rings is 1. The first-order valence-electron chi connectivity index (χ1n) is 8.14. The van der Waals surface area contributed by atoms with Crippen LogP contribution in [0, 0.1) is 12.8 Å². The summed E-state index contributed by atoms with van der Waals surface area (Å²) in [5.41, 5.74) is 3.69. The lowest BCUT2D eigenvalue weighted by Crippen LogP contribution is -2.44. The number of aryl methyl sites for hydroxylation is 1.